The van der Waals surface area contributed by atoms with Crippen molar-refractivity contribution in [2.45, 2.75) is 58.0 Å². The van der Waals surface area contributed by atoms with Gasteiger partial charge < -0.3 is 10.2 Å². The van der Waals surface area contributed by atoms with Gasteiger partial charge in [0, 0.05) is 31.7 Å². The Hall–Kier alpha value is -0.120. The van der Waals surface area contributed by atoms with Gasteiger partial charge in [-0.15, -0.1) is 0 Å². The molecule has 2 fully saturated rings. The van der Waals surface area contributed by atoms with Crippen LogP contribution in [0.5, 0.6) is 0 Å². The Labute approximate surface area is 113 Å². The van der Waals surface area contributed by atoms with E-state index in [0.29, 0.717) is 6.04 Å². The summed E-state index contributed by atoms with van der Waals surface area (Å²) in [5, 5.41) is 3.50. The zero-order valence-corrected chi connectivity index (χ0v) is 12.3. The number of hydrogen-bond acceptors (Lipinski definition) is 3. The van der Waals surface area contributed by atoms with Crippen LogP contribution in [0.15, 0.2) is 0 Å². The minimum absolute atomic E-state index is 0.635. The molecule has 2 saturated heterocycles. The predicted molar refractivity (Wildman–Crippen MR) is 78.0 cm³/mol. The third kappa shape index (κ3) is 4.52. The average Bonchev–Trinajstić information content (AvgIpc) is 2.38. The van der Waals surface area contributed by atoms with Crippen LogP contribution in [-0.4, -0.2) is 61.2 Å². The highest BCUT2D eigenvalue weighted by molar-refractivity contribution is 4.84. The van der Waals surface area contributed by atoms with E-state index in [4.69, 9.17) is 0 Å². The topological polar surface area (TPSA) is 18.5 Å². The van der Waals surface area contributed by atoms with Crippen LogP contribution in [0.4, 0.5) is 0 Å². The summed E-state index contributed by atoms with van der Waals surface area (Å²) in [6, 6.07) is 1.51. The Morgan fingerprint density at radius 1 is 1.11 bits per heavy atom. The summed E-state index contributed by atoms with van der Waals surface area (Å²) in [6.45, 7) is 12.2. The molecule has 0 spiro atoms. The van der Waals surface area contributed by atoms with Crippen molar-refractivity contribution >= 4 is 0 Å². The minimum Gasteiger partial charge on any atom is -0.315 e. The van der Waals surface area contributed by atoms with E-state index in [2.05, 4.69) is 29.0 Å². The summed E-state index contributed by atoms with van der Waals surface area (Å²) < 4.78 is 0. The van der Waals surface area contributed by atoms with Crippen LogP contribution in [0.25, 0.3) is 0 Å². The van der Waals surface area contributed by atoms with Crippen molar-refractivity contribution in [1.82, 2.24) is 15.1 Å². The number of unbranched alkanes of at least 4 members (excludes halogenated alkanes) is 1. The van der Waals surface area contributed by atoms with Gasteiger partial charge in [-0.3, -0.25) is 4.90 Å². The van der Waals surface area contributed by atoms with E-state index >= 15 is 0 Å². The second kappa shape index (κ2) is 7.46. The van der Waals surface area contributed by atoms with E-state index in [1.807, 2.05) is 0 Å². The van der Waals surface area contributed by atoms with E-state index in [9.17, 15) is 0 Å². The first-order valence-electron chi connectivity index (χ1n) is 7.95. The van der Waals surface area contributed by atoms with Crippen LogP contribution in [-0.2, 0) is 0 Å². The van der Waals surface area contributed by atoms with Gasteiger partial charge in [0.25, 0.3) is 0 Å². The first kappa shape index (κ1) is 14.3. The molecule has 106 valence electrons. The van der Waals surface area contributed by atoms with E-state index in [0.717, 1.165) is 6.04 Å². The highest BCUT2D eigenvalue weighted by Crippen LogP contribution is 2.21. The van der Waals surface area contributed by atoms with Crippen LogP contribution in [0.2, 0.25) is 0 Å². The number of nitrogens with one attached hydrogen (secondary N) is 1. The maximum absolute atomic E-state index is 3.50. The lowest BCUT2D eigenvalue weighted by Crippen LogP contribution is -2.54. The minimum atomic E-state index is 0.635. The zero-order chi connectivity index (χ0) is 12.8. The Morgan fingerprint density at radius 3 is 2.83 bits per heavy atom. The van der Waals surface area contributed by atoms with Crippen molar-refractivity contribution < 1.29 is 0 Å². The molecule has 2 aliphatic heterocycles. The summed E-state index contributed by atoms with van der Waals surface area (Å²) in [4.78, 5) is 5.42. The predicted octanol–water partition coefficient (Wildman–Crippen LogP) is 1.93. The highest BCUT2D eigenvalue weighted by atomic mass is 15.3. The van der Waals surface area contributed by atoms with Gasteiger partial charge in [0.1, 0.15) is 0 Å². The molecule has 2 heterocycles. The SMILES string of the molecule is CC(C)NCCCCN1CCN2CCCCC2C1. The van der Waals surface area contributed by atoms with Gasteiger partial charge in [-0.1, -0.05) is 20.3 Å². The van der Waals surface area contributed by atoms with E-state index in [-0.39, 0.29) is 0 Å². The molecule has 0 aromatic heterocycles. The van der Waals surface area contributed by atoms with Crippen LogP contribution in [0, 0.1) is 0 Å². The monoisotopic (exact) mass is 253 g/mol. The Bertz CT molecular complexity index is 230. The molecule has 3 nitrogen and oxygen atoms in total. The number of fused-ring (bicyclic) bond motifs is 1. The fourth-order valence-corrected chi connectivity index (χ4v) is 3.27. The quantitative estimate of drug-likeness (QED) is 0.730. The van der Waals surface area contributed by atoms with Crippen molar-refractivity contribution in [1.29, 1.82) is 0 Å². The molecular formula is C15H31N3. The summed E-state index contributed by atoms with van der Waals surface area (Å²) in [5.41, 5.74) is 0. The lowest BCUT2D eigenvalue weighted by Gasteiger charge is -2.44. The number of hydrogen-bond donors (Lipinski definition) is 1. The average molecular weight is 253 g/mol. The van der Waals surface area contributed by atoms with Crippen LogP contribution in [0.1, 0.15) is 46.0 Å². The fraction of sp³-hybridized carbons (Fsp3) is 1.00. The molecule has 1 N–H and O–H groups in total. The van der Waals surface area contributed by atoms with E-state index in [1.165, 1.54) is 71.4 Å². The molecule has 3 heteroatoms. The molecule has 2 aliphatic rings. The summed E-state index contributed by atoms with van der Waals surface area (Å²) in [6.07, 6.45) is 6.99. The van der Waals surface area contributed by atoms with Gasteiger partial charge in [-0.05, 0) is 45.3 Å². The molecule has 0 aromatic rings. The lowest BCUT2D eigenvalue weighted by atomic mass is 9.99. The molecule has 0 radical (unpaired) electrons. The molecule has 0 aromatic carbocycles. The molecule has 0 bridgehead atoms. The maximum Gasteiger partial charge on any atom is 0.0223 e. The van der Waals surface area contributed by atoms with Gasteiger partial charge in [-0.2, -0.15) is 0 Å². The molecule has 0 saturated carbocycles. The Morgan fingerprint density at radius 2 is 2.00 bits per heavy atom. The third-order valence-electron chi connectivity index (χ3n) is 4.38. The van der Waals surface area contributed by atoms with Gasteiger partial charge in [-0.25, -0.2) is 0 Å². The third-order valence-corrected chi connectivity index (χ3v) is 4.38. The van der Waals surface area contributed by atoms with E-state index in [1.54, 1.807) is 0 Å². The molecule has 18 heavy (non-hydrogen) atoms. The van der Waals surface area contributed by atoms with Crippen LogP contribution >= 0.6 is 0 Å². The van der Waals surface area contributed by atoms with Gasteiger partial charge in [0.2, 0.25) is 0 Å². The van der Waals surface area contributed by atoms with Crippen molar-refractivity contribution in [2.24, 2.45) is 0 Å². The van der Waals surface area contributed by atoms with Gasteiger partial charge >= 0.3 is 0 Å². The van der Waals surface area contributed by atoms with Crippen LogP contribution < -0.4 is 5.32 Å². The van der Waals surface area contributed by atoms with Crippen molar-refractivity contribution in [3.05, 3.63) is 0 Å². The summed E-state index contributed by atoms with van der Waals surface area (Å²) in [7, 11) is 0. The largest absolute Gasteiger partial charge is 0.315 e. The number of rotatable bonds is 6. The molecule has 0 aliphatic carbocycles. The Balaban J connectivity index is 1.57. The van der Waals surface area contributed by atoms with Crippen molar-refractivity contribution in [2.75, 3.05) is 39.3 Å². The highest BCUT2D eigenvalue weighted by Gasteiger charge is 2.28. The first-order valence-corrected chi connectivity index (χ1v) is 7.95. The number of piperidine rings is 1. The molecule has 1 atom stereocenters. The molecule has 1 unspecified atom stereocenters. The zero-order valence-electron chi connectivity index (χ0n) is 12.3. The van der Waals surface area contributed by atoms with Gasteiger partial charge in [0.05, 0.1) is 0 Å². The summed E-state index contributed by atoms with van der Waals surface area (Å²) in [5.74, 6) is 0. The molecule has 0 amide bonds. The van der Waals surface area contributed by atoms with E-state index < -0.39 is 0 Å². The molecule has 2 rings (SSSR count). The second-order valence-electron chi connectivity index (χ2n) is 6.30. The first-order chi connectivity index (χ1) is 8.75. The maximum atomic E-state index is 3.50. The fourth-order valence-electron chi connectivity index (χ4n) is 3.27. The normalized spacial score (nSPS) is 26.5. The van der Waals surface area contributed by atoms with Crippen molar-refractivity contribution in [3.63, 3.8) is 0 Å². The van der Waals surface area contributed by atoms with Crippen molar-refractivity contribution in [3.8, 4) is 0 Å². The number of nitrogens with zero attached hydrogens (tertiary/aromatic N) is 2. The number of piperazine rings is 1. The van der Waals surface area contributed by atoms with Gasteiger partial charge in [0.15, 0.2) is 0 Å². The summed E-state index contributed by atoms with van der Waals surface area (Å²) >= 11 is 0. The smallest absolute Gasteiger partial charge is 0.0223 e. The van der Waals surface area contributed by atoms with Crippen LogP contribution in [0.3, 0.4) is 0 Å². The standard InChI is InChI=1S/C15H31N3/c1-14(2)16-8-4-6-9-17-11-12-18-10-5-3-7-15(18)13-17/h14-16H,3-13H2,1-2H3. The second-order valence-corrected chi connectivity index (χ2v) is 6.30. The Kier molecular flexibility index (Phi) is 5.93. The molecular weight excluding hydrogens is 222 g/mol. The lowest BCUT2D eigenvalue weighted by molar-refractivity contribution is 0.0487.